The zero-order valence-corrected chi connectivity index (χ0v) is 18.9. The summed E-state index contributed by atoms with van der Waals surface area (Å²) in [5, 5.41) is 0.739. The van der Waals surface area contributed by atoms with Crippen molar-refractivity contribution in [1.29, 1.82) is 0 Å². The van der Waals surface area contributed by atoms with Gasteiger partial charge in [0.1, 0.15) is 5.82 Å². The second-order valence-corrected chi connectivity index (χ2v) is 8.42. The van der Waals surface area contributed by atoms with E-state index in [0.717, 1.165) is 41.4 Å². The first-order valence-corrected chi connectivity index (χ1v) is 11.4. The van der Waals surface area contributed by atoms with Crippen molar-refractivity contribution in [3.63, 3.8) is 0 Å². The Kier molecular flexibility index (Phi) is 8.14. The molecule has 0 unspecified atom stereocenters. The molecule has 1 aromatic heterocycles. The van der Waals surface area contributed by atoms with Gasteiger partial charge in [-0.1, -0.05) is 68.1 Å². The zero-order chi connectivity index (χ0) is 20.6. The minimum absolute atomic E-state index is 0.739. The number of benzene rings is 2. The Hall–Kier alpha value is -1.84. The molecule has 0 amide bonds. The molecule has 0 aliphatic heterocycles. The Bertz CT molecular complexity index is 890. The highest BCUT2D eigenvalue weighted by atomic mass is 35.5. The van der Waals surface area contributed by atoms with Crippen LogP contribution in [0.3, 0.4) is 0 Å². The van der Waals surface area contributed by atoms with Crippen LogP contribution in [-0.4, -0.2) is 34.1 Å². The standard InChI is InChI=1S/C25H34ClN3/c1-4-6-15-28(16-7-5-2)17-8-18-29-24-14-13-22(26)19-23(24)27-25(29)21-11-9-20(3)10-12-21/h9-14,19H,4-8,15-18H2,1-3H3. The molecule has 3 aromatic rings. The van der Waals surface area contributed by atoms with Crippen molar-refractivity contribution in [3.8, 4) is 11.4 Å². The lowest BCUT2D eigenvalue weighted by Gasteiger charge is -2.22. The van der Waals surface area contributed by atoms with Gasteiger partial charge in [-0.25, -0.2) is 4.98 Å². The number of hydrogen-bond acceptors (Lipinski definition) is 2. The summed E-state index contributed by atoms with van der Waals surface area (Å²) in [5.41, 5.74) is 4.57. The Morgan fingerprint density at radius 1 is 0.897 bits per heavy atom. The maximum atomic E-state index is 6.23. The summed E-state index contributed by atoms with van der Waals surface area (Å²) in [7, 11) is 0. The number of fused-ring (bicyclic) bond motifs is 1. The molecule has 0 radical (unpaired) electrons. The number of halogens is 1. The van der Waals surface area contributed by atoms with Crippen LogP contribution in [0.25, 0.3) is 22.4 Å². The molecule has 0 fully saturated rings. The second kappa shape index (κ2) is 10.8. The lowest BCUT2D eigenvalue weighted by molar-refractivity contribution is 0.258. The minimum Gasteiger partial charge on any atom is -0.324 e. The number of aryl methyl sites for hydroxylation is 2. The fourth-order valence-corrected chi connectivity index (χ4v) is 3.97. The average molecular weight is 412 g/mol. The van der Waals surface area contributed by atoms with Crippen LogP contribution in [0.1, 0.15) is 51.5 Å². The average Bonchev–Trinajstić information content (AvgIpc) is 3.07. The van der Waals surface area contributed by atoms with Gasteiger partial charge in [0.15, 0.2) is 0 Å². The summed E-state index contributed by atoms with van der Waals surface area (Å²) in [4.78, 5) is 7.57. The minimum atomic E-state index is 0.739. The molecule has 0 N–H and O–H groups in total. The third kappa shape index (κ3) is 5.83. The normalized spacial score (nSPS) is 11.6. The SMILES string of the molecule is CCCCN(CCCC)CCCn1c(-c2ccc(C)cc2)nc2cc(Cl)ccc21. The van der Waals surface area contributed by atoms with Gasteiger partial charge in [-0.15, -0.1) is 0 Å². The Morgan fingerprint density at radius 2 is 1.55 bits per heavy atom. The van der Waals surface area contributed by atoms with Crippen molar-refractivity contribution in [1.82, 2.24) is 14.5 Å². The molecule has 0 saturated carbocycles. The number of rotatable bonds is 11. The van der Waals surface area contributed by atoms with Crippen LogP contribution in [0.2, 0.25) is 5.02 Å². The van der Waals surface area contributed by atoms with Crippen LogP contribution in [0.4, 0.5) is 0 Å². The van der Waals surface area contributed by atoms with Gasteiger partial charge in [0.05, 0.1) is 11.0 Å². The summed E-state index contributed by atoms with van der Waals surface area (Å²) in [6, 6.07) is 14.7. The Balaban J connectivity index is 1.81. The first-order valence-electron chi connectivity index (χ1n) is 11.1. The molecular weight excluding hydrogens is 378 g/mol. The number of nitrogens with zero attached hydrogens (tertiary/aromatic N) is 3. The molecule has 2 aromatic carbocycles. The van der Waals surface area contributed by atoms with Gasteiger partial charge in [0.25, 0.3) is 0 Å². The van der Waals surface area contributed by atoms with Gasteiger partial charge in [-0.05, 0) is 64.0 Å². The van der Waals surface area contributed by atoms with Crippen LogP contribution >= 0.6 is 11.6 Å². The highest BCUT2D eigenvalue weighted by molar-refractivity contribution is 6.31. The molecule has 156 valence electrons. The smallest absolute Gasteiger partial charge is 0.141 e. The van der Waals surface area contributed by atoms with Gasteiger partial charge >= 0.3 is 0 Å². The maximum Gasteiger partial charge on any atom is 0.141 e. The summed E-state index contributed by atoms with van der Waals surface area (Å²) >= 11 is 6.23. The van der Waals surface area contributed by atoms with Crippen molar-refractivity contribution in [2.45, 2.75) is 59.4 Å². The molecule has 29 heavy (non-hydrogen) atoms. The maximum absolute atomic E-state index is 6.23. The molecule has 4 heteroatoms. The lowest BCUT2D eigenvalue weighted by Crippen LogP contribution is -2.28. The first kappa shape index (κ1) is 21.9. The largest absolute Gasteiger partial charge is 0.324 e. The van der Waals surface area contributed by atoms with E-state index in [1.54, 1.807) is 0 Å². The number of imidazole rings is 1. The predicted octanol–water partition coefficient (Wildman–Crippen LogP) is 6.96. The van der Waals surface area contributed by atoms with Gasteiger partial charge in [-0.2, -0.15) is 0 Å². The Labute approximate surface area is 180 Å². The fourth-order valence-electron chi connectivity index (χ4n) is 3.80. The predicted molar refractivity (Wildman–Crippen MR) is 126 cm³/mol. The van der Waals surface area contributed by atoms with Crippen molar-refractivity contribution in [2.75, 3.05) is 19.6 Å². The van der Waals surface area contributed by atoms with E-state index in [1.165, 1.54) is 49.9 Å². The Morgan fingerprint density at radius 3 is 2.21 bits per heavy atom. The molecular formula is C25H34ClN3. The molecule has 0 spiro atoms. The number of unbranched alkanes of at least 4 members (excludes halogenated alkanes) is 2. The van der Waals surface area contributed by atoms with Crippen molar-refractivity contribution in [3.05, 3.63) is 53.1 Å². The van der Waals surface area contributed by atoms with Crippen molar-refractivity contribution in [2.24, 2.45) is 0 Å². The second-order valence-electron chi connectivity index (χ2n) is 7.99. The van der Waals surface area contributed by atoms with Crippen LogP contribution < -0.4 is 0 Å². The molecule has 0 saturated heterocycles. The summed E-state index contributed by atoms with van der Waals surface area (Å²) in [6.45, 7) is 11.2. The summed E-state index contributed by atoms with van der Waals surface area (Å²) < 4.78 is 2.37. The van der Waals surface area contributed by atoms with Crippen LogP contribution in [-0.2, 0) is 6.54 Å². The zero-order valence-electron chi connectivity index (χ0n) is 18.1. The van der Waals surface area contributed by atoms with E-state index in [0.29, 0.717) is 0 Å². The monoisotopic (exact) mass is 411 g/mol. The molecule has 0 atom stereocenters. The summed E-state index contributed by atoms with van der Waals surface area (Å²) in [5.74, 6) is 1.04. The van der Waals surface area contributed by atoms with Gasteiger partial charge in [-0.3, -0.25) is 0 Å². The fraction of sp³-hybridized carbons (Fsp3) is 0.480. The van der Waals surface area contributed by atoms with E-state index in [4.69, 9.17) is 16.6 Å². The quantitative estimate of drug-likeness (QED) is 0.340. The molecule has 0 aliphatic carbocycles. The van der Waals surface area contributed by atoms with Gasteiger partial charge in [0, 0.05) is 17.1 Å². The van der Waals surface area contributed by atoms with Crippen molar-refractivity contribution < 1.29 is 0 Å². The number of aromatic nitrogens is 2. The van der Waals surface area contributed by atoms with E-state index in [1.807, 2.05) is 12.1 Å². The van der Waals surface area contributed by atoms with Gasteiger partial charge in [0.2, 0.25) is 0 Å². The summed E-state index contributed by atoms with van der Waals surface area (Å²) in [6.07, 6.45) is 6.20. The molecule has 3 rings (SSSR count). The van der Waals surface area contributed by atoms with E-state index >= 15 is 0 Å². The van der Waals surface area contributed by atoms with Crippen LogP contribution in [0.5, 0.6) is 0 Å². The highest BCUT2D eigenvalue weighted by Crippen LogP contribution is 2.27. The topological polar surface area (TPSA) is 21.1 Å². The van der Waals surface area contributed by atoms with E-state index < -0.39 is 0 Å². The van der Waals surface area contributed by atoms with E-state index in [-0.39, 0.29) is 0 Å². The van der Waals surface area contributed by atoms with E-state index in [2.05, 4.69) is 60.6 Å². The third-order valence-corrected chi connectivity index (χ3v) is 5.77. The van der Waals surface area contributed by atoms with Crippen molar-refractivity contribution >= 4 is 22.6 Å². The molecule has 0 aliphatic rings. The third-order valence-electron chi connectivity index (χ3n) is 5.53. The molecule has 3 nitrogen and oxygen atoms in total. The first-order chi connectivity index (χ1) is 14.1. The molecule has 0 bridgehead atoms. The van der Waals surface area contributed by atoms with Gasteiger partial charge < -0.3 is 9.47 Å². The highest BCUT2D eigenvalue weighted by Gasteiger charge is 2.13. The van der Waals surface area contributed by atoms with Crippen LogP contribution in [0.15, 0.2) is 42.5 Å². The molecule has 1 heterocycles. The van der Waals surface area contributed by atoms with E-state index in [9.17, 15) is 0 Å². The lowest BCUT2D eigenvalue weighted by atomic mass is 10.1. The van der Waals surface area contributed by atoms with Crippen LogP contribution in [0, 0.1) is 6.92 Å². The number of hydrogen-bond donors (Lipinski definition) is 0.